The van der Waals surface area contributed by atoms with Crippen LogP contribution in [0.5, 0.6) is 0 Å². The molecule has 1 aromatic heterocycles. The topological polar surface area (TPSA) is 41.9 Å². The van der Waals surface area contributed by atoms with Gasteiger partial charge in [0.05, 0.1) is 29.1 Å². The lowest BCUT2D eigenvalue weighted by molar-refractivity contribution is 0.687. The summed E-state index contributed by atoms with van der Waals surface area (Å²) in [6, 6.07) is 10.9. The highest BCUT2D eigenvalue weighted by atomic mass is 79.9. The van der Waals surface area contributed by atoms with Crippen molar-refractivity contribution in [2.75, 3.05) is 10.6 Å². The van der Waals surface area contributed by atoms with Crippen LogP contribution in [0.4, 0.5) is 11.4 Å². The average Bonchev–Trinajstić information content (AvgIpc) is 3.01. The highest BCUT2D eigenvalue weighted by Gasteiger charge is 2.09. The van der Waals surface area contributed by atoms with Crippen molar-refractivity contribution in [3.8, 4) is 0 Å². The zero-order valence-corrected chi connectivity index (χ0v) is 17.8. The van der Waals surface area contributed by atoms with Crippen molar-refractivity contribution in [1.82, 2.24) is 9.78 Å². The highest BCUT2D eigenvalue weighted by molar-refractivity contribution is 9.10. The van der Waals surface area contributed by atoms with E-state index in [4.69, 9.17) is 47.0 Å². The summed E-state index contributed by atoms with van der Waals surface area (Å²) in [4.78, 5) is 0. The summed E-state index contributed by atoms with van der Waals surface area (Å²) in [6.45, 7) is 0.457. The van der Waals surface area contributed by atoms with Gasteiger partial charge < -0.3 is 10.6 Å². The fraction of sp³-hybridized carbons (Fsp3) is 0.0588. The van der Waals surface area contributed by atoms with E-state index >= 15 is 0 Å². The van der Waals surface area contributed by atoms with Crippen LogP contribution in [-0.2, 0) is 6.54 Å². The third-order valence-corrected chi connectivity index (χ3v) is 5.17. The molecule has 0 saturated heterocycles. The van der Waals surface area contributed by atoms with Gasteiger partial charge in [-0.3, -0.25) is 4.68 Å². The van der Waals surface area contributed by atoms with E-state index in [-0.39, 0.29) is 0 Å². The molecule has 9 heteroatoms. The van der Waals surface area contributed by atoms with Crippen LogP contribution in [-0.4, -0.2) is 14.9 Å². The van der Waals surface area contributed by atoms with Crippen molar-refractivity contribution in [3.05, 3.63) is 73.9 Å². The van der Waals surface area contributed by atoms with Crippen LogP contribution in [0.25, 0.3) is 0 Å². The zero-order valence-electron chi connectivity index (χ0n) is 13.1. The Morgan fingerprint density at radius 1 is 1.08 bits per heavy atom. The number of nitrogens with zero attached hydrogens (tertiary/aromatic N) is 2. The highest BCUT2D eigenvalue weighted by Crippen LogP contribution is 2.26. The summed E-state index contributed by atoms with van der Waals surface area (Å²) >= 11 is 27.3. The zero-order chi connectivity index (χ0) is 18.7. The molecule has 0 aliphatic rings. The van der Waals surface area contributed by atoms with Crippen molar-refractivity contribution < 1.29 is 0 Å². The first-order valence-corrected chi connectivity index (χ1v) is 9.74. The van der Waals surface area contributed by atoms with Gasteiger partial charge >= 0.3 is 0 Å². The number of halogens is 4. The number of anilines is 2. The van der Waals surface area contributed by atoms with Crippen LogP contribution in [0.1, 0.15) is 5.56 Å². The molecule has 4 nitrogen and oxygen atoms in total. The van der Waals surface area contributed by atoms with Crippen LogP contribution >= 0.6 is 63.0 Å². The van der Waals surface area contributed by atoms with Crippen LogP contribution in [0.2, 0.25) is 15.1 Å². The third kappa shape index (κ3) is 4.90. The van der Waals surface area contributed by atoms with Gasteiger partial charge in [0.25, 0.3) is 0 Å². The smallest absolute Gasteiger partial charge is 0.175 e. The first-order valence-electron chi connectivity index (χ1n) is 7.41. The number of rotatable bonds is 4. The largest absolute Gasteiger partial charge is 0.331 e. The van der Waals surface area contributed by atoms with E-state index in [0.717, 1.165) is 15.7 Å². The van der Waals surface area contributed by atoms with E-state index in [0.29, 0.717) is 32.4 Å². The summed E-state index contributed by atoms with van der Waals surface area (Å²) in [6.07, 6.45) is 3.48. The number of aromatic nitrogens is 2. The van der Waals surface area contributed by atoms with E-state index in [2.05, 4.69) is 31.7 Å². The summed E-state index contributed by atoms with van der Waals surface area (Å²) < 4.78 is 2.62. The summed E-state index contributed by atoms with van der Waals surface area (Å²) in [5.41, 5.74) is 2.26. The molecule has 0 amide bonds. The Hall–Kier alpha value is -1.31. The second-order valence-corrected chi connectivity index (χ2v) is 7.88. The van der Waals surface area contributed by atoms with Crippen molar-refractivity contribution in [2.45, 2.75) is 6.54 Å². The minimum absolute atomic E-state index is 0.407. The van der Waals surface area contributed by atoms with E-state index in [9.17, 15) is 0 Å². The van der Waals surface area contributed by atoms with Gasteiger partial charge in [0.1, 0.15) is 0 Å². The lowest BCUT2D eigenvalue weighted by atomic mass is 10.2. The fourth-order valence-corrected chi connectivity index (χ4v) is 3.70. The van der Waals surface area contributed by atoms with Gasteiger partial charge in [0, 0.05) is 26.3 Å². The van der Waals surface area contributed by atoms with Gasteiger partial charge in [0.2, 0.25) is 0 Å². The SMILES string of the molecule is S=C(Nc1cnn(Cc2c(Cl)cccc2Cl)c1)Nc1ccc(Br)cc1Cl. The van der Waals surface area contributed by atoms with Crippen LogP contribution in [0, 0.1) is 0 Å². The van der Waals surface area contributed by atoms with E-state index in [1.165, 1.54) is 0 Å². The average molecular weight is 491 g/mol. The Kier molecular flexibility index (Phi) is 6.42. The summed E-state index contributed by atoms with van der Waals surface area (Å²) in [5, 5.41) is 12.6. The maximum absolute atomic E-state index is 6.20. The summed E-state index contributed by atoms with van der Waals surface area (Å²) in [5.74, 6) is 0. The molecule has 1 heterocycles. The van der Waals surface area contributed by atoms with E-state index < -0.39 is 0 Å². The molecule has 0 radical (unpaired) electrons. The lowest BCUT2D eigenvalue weighted by Crippen LogP contribution is -2.19. The molecular weight excluding hydrogens is 479 g/mol. The standard InChI is InChI=1S/C17H12BrCl3N4S/c18-10-4-5-16(15(21)6-10)24-17(26)23-11-7-22-25(8-11)9-12-13(19)2-1-3-14(12)20/h1-8H,9H2,(H2,23,24,26). The maximum Gasteiger partial charge on any atom is 0.175 e. The monoisotopic (exact) mass is 488 g/mol. The Balaban J connectivity index is 1.65. The molecule has 3 aromatic rings. The molecule has 3 rings (SSSR count). The molecule has 26 heavy (non-hydrogen) atoms. The molecule has 0 aliphatic carbocycles. The minimum Gasteiger partial charge on any atom is -0.331 e. The summed E-state index contributed by atoms with van der Waals surface area (Å²) in [7, 11) is 0. The molecule has 0 fully saturated rings. The molecule has 0 spiro atoms. The van der Waals surface area contributed by atoms with E-state index in [1.54, 1.807) is 29.1 Å². The predicted molar refractivity (Wildman–Crippen MR) is 117 cm³/mol. The van der Waals surface area contributed by atoms with Gasteiger partial charge in [-0.2, -0.15) is 5.10 Å². The molecular formula is C17H12BrCl3N4S. The number of nitrogens with one attached hydrogen (secondary N) is 2. The first kappa shape index (κ1) is 19.5. The third-order valence-electron chi connectivity index (χ3n) is 3.45. The molecule has 2 aromatic carbocycles. The number of hydrogen-bond donors (Lipinski definition) is 2. The first-order chi connectivity index (χ1) is 12.4. The number of thiocarbonyl (C=S) groups is 1. The van der Waals surface area contributed by atoms with Gasteiger partial charge in [-0.15, -0.1) is 0 Å². The molecule has 0 saturated carbocycles. The molecule has 0 unspecified atom stereocenters. The van der Waals surface area contributed by atoms with Crippen molar-refractivity contribution in [1.29, 1.82) is 0 Å². The van der Waals surface area contributed by atoms with Gasteiger partial charge in [0.15, 0.2) is 5.11 Å². The van der Waals surface area contributed by atoms with E-state index in [1.807, 2.05) is 24.4 Å². The minimum atomic E-state index is 0.407. The molecule has 134 valence electrons. The van der Waals surface area contributed by atoms with Crippen LogP contribution in [0.15, 0.2) is 53.3 Å². The quantitative estimate of drug-likeness (QED) is 0.412. The van der Waals surface area contributed by atoms with Crippen molar-refractivity contribution >= 4 is 79.4 Å². The Bertz CT molecular complexity index is 941. The Morgan fingerprint density at radius 3 is 2.50 bits per heavy atom. The second kappa shape index (κ2) is 8.59. The predicted octanol–water partition coefficient (Wildman–Crippen LogP) is 6.46. The Labute approximate surface area is 179 Å². The normalized spacial score (nSPS) is 10.6. The molecule has 0 bridgehead atoms. The van der Waals surface area contributed by atoms with Crippen LogP contribution in [0.3, 0.4) is 0 Å². The number of benzene rings is 2. The second-order valence-electron chi connectivity index (χ2n) is 5.33. The van der Waals surface area contributed by atoms with Crippen molar-refractivity contribution in [2.24, 2.45) is 0 Å². The Morgan fingerprint density at radius 2 is 1.81 bits per heavy atom. The molecule has 0 atom stereocenters. The van der Waals surface area contributed by atoms with Gasteiger partial charge in [-0.25, -0.2) is 0 Å². The fourth-order valence-electron chi connectivity index (χ4n) is 2.24. The molecule has 0 aliphatic heterocycles. The molecule has 2 N–H and O–H groups in total. The number of hydrogen-bond acceptors (Lipinski definition) is 2. The van der Waals surface area contributed by atoms with Gasteiger partial charge in [-0.05, 0) is 42.5 Å². The van der Waals surface area contributed by atoms with Crippen molar-refractivity contribution in [3.63, 3.8) is 0 Å². The van der Waals surface area contributed by atoms with Crippen LogP contribution < -0.4 is 10.6 Å². The maximum atomic E-state index is 6.20. The van der Waals surface area contributed by atoms with Gasteiger partial charge in [-0.1, -0.05) is 56.8 Å². The lowest BCUT2D eigenvalue weighted by Gasteiger charge is -2.10.